The van der Waals surface area contributed by atoms with E-state index in [1.54, 1.807) is 24.5 Å². The van der Waals surface area contributed by atoms with Crippen LogP contribution in [0.2, 0.25) is 0 Å². The van der Waals surface area contributed by atoms with E-state index in [2.05, 4.69) is 34.0 Å². The average molecular weight is 484 g/mol. The molecule has 1 saturated heterocycles. The zero-order valence-corrected chi connectivity index (χ0v) is 20.4. The molecule has 184 valence electrons. The fraction of sp³-hybridized carbons (Fsp3) is 0.296. The molecule has 9 heteroatoms. The van der Waals surface area contributed by atoms with Gasteiger partial charge in [-0.3, -0.25) is 14.8 Å². The van der Waals surface area contributed by atoms with Crippen LogP contribution in [0.3, 0.4) is 0 Å². The summed E-state index contributed by atoms with van der Waals surface area (Å²) in [5.41, 5.74) is 9.92. The van der Waals surface area contributed by atoms with Crippen molar-refractivity contribution in [3.8, 4) is 11.4 Å². The first-order valence-corrected chi connectivity index (χ1v) is 12.0. The highest BCUT2D eigenvalue weighted by Gasteiger charge is 2.23. The van der Waals surface area contributed by atoms with Crippen LogP contribution in [-0.2, 0) is 17.8 Å². The van der Waals surface area contributed by atoms with Crippen LogP contribution in [0.4, 0.5) is 5.82 Å². The Labute approximate surface area is 209 Å². The number of aromatic nitrogens is 4. The van der Waals surface area contributed by atoms with Gasteiger partial charge in [-0.1, -0.05) is 6.07 Å². The maximum atomic E-state index is 12.5. The van der Waals surface area contributed by atoms with Crippen molar-refractivity contribution in [2.24, 2.45) is 5.73 Å². The van der Waals surface area contributed by atoms with Gasteiger partial charge in [0, 0.05) is 37.4 Å². The third-order valence-electron chi connectivity index (χ3n) is 6.09. The molecular weight excluding hydrogens is 454 g/mol. The van der Waals surface area contributed by atoms with Crippen molar-refractivity contribution < 1.29 is 9.53 Å². The van der Waals surface area contributed by atoms with E-state index >= 15 is 0 Å². The summed E-state index contributed by atoms with van der Waals surface area (Å²) in [4.78, 5) is 33.1. The molecule has 4 aromatic rings. The Morgan fingerprint density at radius 2 is 1.86 bits per heavy atom. The zero-order valence-electron chi connectivity index (χ0n) is 20.4. The molecule has 0 spiro atoms. The number of nitrogens with one attached hydrogen (secondary N) is 1. The number of fused-ring (bicyclic) bond motifs is 1. The molecule has 1 fully saturated rings. The van der Waals surface area contributed by atoms with E-state index in [1.165, 1.54) is 0 Å². The lowest BCUT2D eigenvalue weighted by atomic mass is 10.1. The molecule has 5 rings (SSSR count). The molecule has 3 N–H and O–H groups in total. The van der Waals surface area contributed by atoms with Gasteiger partial charge in [0.25, 0.3) is 5.91 Å². The maximum absolute atomic E-state index is 12.5. The van der Waals surface area contributed by atoms with Gasteiger partial charge in [-0.2, -0.15) is 0 Å². The van der Waals surface area contributed by atoms with E-state index < -0.39 is 0 Å². The van der Waals surface area contributed by atoms with Crippen LogP contribution in [-0.4, -0.2) is 51.1 Å². The minimum absolute atomic E-state index is 0.157. The molecule has 0 saturated carbocycles. The SMILES string of the molecule is CC1CN(c2cccc(-c3ccc4cnc(CNC(=O)c5cc(CN)ccn5)cc4n3)n2)CC(C)O1. The molecular formula is C27H29N7O2. The molecule has 4 aromatic heterocycles. The first kappa shape index (κ1) is 23.8. The Bertz CT molecular complexity index is 1380. The lowest BCUT2D eigenvalue weighted by Gasteiger charge is -2.36. The van der Waals surface area contributed by atoms with Crippen molar-refractivity contribution in [3.63, 3.8) is 0 Å². The van der Waals surface area contributed by atoms with Crippen molar-refractivity contribution in [3.05, 3.63) is 77.9 Å². The van der Waals surface area contributed by atoms with Crippen molar-refractivity contribution in [1.29, 1.82) is 0 Å². The molecule has 2 unspecified atom stereocenters. The van der Waals surface area contributed by atoms with Crippen molar-refractivity contribution >= 4 is 22.6 Å². The number of morpholine rings is 1. The number of hydrogen-bond acceptors (Lipinski definition) is 8. The quantitative estimate of drug-likeness (QED) is 0.429. The molecule has 0 radical (unpaired) electrons. The van der Waals surface area contributed by atoms with Gasteiger partial charge in [0.15, 0.2) is 0 Å². The maximum Gasteiger partial charge on any atom is 0.270 e. The summed E-state index contributed by atoms with van der Waals surface area (Å²) < 4.78 is 5.86. The Kier molecular flexibility index (Phi) is 6.84. The van der Waals surface area contributed by atoms with Crippen molar-refractivity contribution in [2.75, 3.05) is 18.0 Å². The Hall–Kier alpha value is -3.95. The summed E-state index contributed by atoms with van der Waals surface area (Å²) in [6, 6.07) is 15.3. The van der Waals surface area contributed by atoms with Gasteiger partial charge < -0.3 is 20.7 Å². The lowest BCUT2D eigenvalue weighted by Crippen LogP contribution is -2.45. The molecule has 0 bridgehead atoms. The second kappa shape index (κ2) is 10.3. The molecule has 5 heterocycles. The summed E-state index contributed by atoms with van der Waals surface area (Å²) in [5.74, 6) is 0.642. The highest BCUT2D eigenvalue weighted by atomic mass is 16.5. The second-order valence-electron chi connectivity index (χ2n) is 9.04. The van der Waals surface area contributed by atoms with Crippen LogP contribution in [0.25, 0.3) is 22.3 Å². The number of carbonyl (C=O) groups excluding carboxylic acids is 1. The van der Waals surface area contributed by atoms with Gasteiger partial charge in [-0.05, 0) is 61.9 Å². The molecule has 0 aliphatic carbocycles. The second-order valence-corrected chi connectivity index (χ2v) is 9.04. The first-order valence-electron chi connectivity index (χ1n) is 12.0. The van der Waals surface area contributed by atoms with Crippen LogP contribution in [0.15, 0.2) is 60.9 Å². The standard InChI is InChI=1S/C27H29N7O2/c1-17-15-34(16-18(2)36-17)26-5-3-4-22(33-26)23-7-6-20-13-30-21(11-24(20)32-23)14-31-27(35)25-10-19(12-28)8-9-29-25/h3-11,13,17-18H,12,14-16,28H2,1-2H3,(H,31,35). The number of anilines is 1. The van der Waals surface area contributed by atoms with Gasteiger partial charge in [-0.15, -0.1) is 0 Å². The van der Waals surface area contributed by atoms with Gasteiger partial charge in [0.1, 0.15) is 11.5 Å². The fourth-order valence-corrected chi connectivity index (χ4v) is 4.39. The van der Waals surface area contributed by atoms with E-state index in [-0.39, 0.29) is 24.7 Å². The van der Waals surface area contributed by atoms with Crippen molar-refractivity contribution in [1.82, 2.24) is 25.3 Å². The topological polar surface area (TPSA) is 119 Å². The first-order chi connectivity index (χ1) is 17.5. The largest absolute Gasteiger partial charge is 0.372 e. The Morgan fingerprint density at radius 3 is 2.67 bits per heavy atom. The number of hydrogen-bond donors (Lipinski definition) is 2. The number of pyridine rings is 4. The number of nitrogens with two attached hydrogens (primary N) is 1. The highest BCUT2D eigenvalue weighted by Crippen LogP contribution is 2.24. The summed E-state index contributed by atoms with van der Waals surface area (Å²) in [6.07, 6.45) is 3.66. The highest BCUT2D eigenvalue weighted by molar-refractivity contribution is 5.92. The number of carbonyl (C=O) groups is 1. The third-order valence-corrected chi connectivity index (χ3v) is 6.09. The van der Waals surface area contributed by atoms with E-state index in [0.29, 0.717) is 17.9 Å². The average Bonchev–Trinajstić information content (AvgIpc) is 2.90. The summed E-state index contributed by atoms with van der Waals surface area (Å²) in [7, 11) is 0. The van der Waals surface area contributed by atoms with Gasteiger partial charge in [0.05, 0.1) is 41.4 Å². The smallest absolute Gasteiger partial charge is 0.270 e. The number of ether oxygens (including phenoxy) is 1. The zero-order chi connectivity index (χ0) is 25.1. The molecule has 1 aliphatic rings. The molecule has 1 aliphatic heterocycles. The molecule has 9 nitrogen and oxygen atoms in total. The van der Waals surface area contributed by atoms with E-state index in [9.17, 15) is 4.79 Å². The van der Waals surface area contributed by atoms with Crippen molar-refractivity contribution in [2.45, 2.75) is 39.1 Å². The monoisotopic (exact) mass is 483 g/mol. The Balaban J connectivity index is 1.34. The molecule has 2 atom stereocenters. The van der Waals surface area contributed by atoms with Gasteiger partial charge in [-0.25, -0.2) is 9.97 Å². The summed E-state index contributed by atoms with van der Waals surface area (Å²) in [6.45, 7) is 6.39. The van der Waals surface area contributed by atoms with Gasteiger partial charge >= 0.3 is 0 Å². The van der Waals surface area contributed by atoms with Gasteiger partial charge in [0.2, 0.25) is 0 Å². The lowest BCUT2D eigenvalue weighted by molar-refractivity contribution is -0.00545. The molecule has 1 amide bonds. The number of amides is 1. The predicted molar refractivity (Wildman–Crippen MR) is 138 cm³/mol. The molecule has 0 aromatic carbocycles. The number of rotatable bonds is 6. The van der Waals surface area contributed by atoms with Crippen LogP contribution in [0, 0.1) is 0 Å². The molecule has 36 heavy (non-hydrogen) atoms. The summed E-state index contributed by atoms with van der Waals surface area (Å²) in [5, 5.41) is 3.78. The summed E-state index contributed by atoms with van der Waals surface area (Å²) >= 11 is 0. The van der Waals surface area contributed by atoms with E-state index in [1.807, 2.05) is 36.4 Å². The number of nitrogens with zero attached hydrogens (tertiary/aromatic N) is 5. The van der Waals surface area contributed by atoms with Crippen LogP contribution >= 0.6 is 0 Å². The van der Waals surface area contributed by atoms with Crippen LogP contribution in [0.1, 0.15) is 35.6 Å². The van der Waals surface area contributed by atoms with Crippen LogP contribution < -0.4 is 16.0 Å². The predicted octanol–water partition coefficient (Wildman–Crippen LogP) is 3.09. The fourth-order valence-electron chi connectivity index (χ4n) is 4.39. The minimum atomic E-state index is -0.276. The Morgan fingerprint density at radius 1 is 1.06 bits per heavy atom. The minimum Gasteiger partial charge on any atom is -0.372 e. The third kappa shape index (κ3) is 5.32. The van der Waals surface area contributed by atoms with E-state index in [4.69, 9.17) is 20.4 Å². The normalized spacial score (nSPS) is 17.8. The van der Waals surface area contributed by atoms with E-state index in [0.717, 1.165) is 46.8 Å². The van der Waals surface area contributed by atoms with Crippen LogP contribution in [0.5, 0.6) is 0 Å².